The highest BCUT2D eigenvalue weighted by atomic mass is 16.3. The van der Waals surface area contributed by atoms with E-state index in [4.69, 9.17) is 14.4 Å². The van der Waals surface area contributed by atoms with Crippen LogP contribution in [0.25, 0.3) is 60.6 Å². The van der Waals surface area contributed by atoms with Crippen molar-refractivity contribution < 1.29 is 4.42 Å². The molecule has 1 unspecified atom stereocenters. The van der Waals surface area contributed by atoms with Crippen LogP contribution in [0.4, 0.5) is 0 Å². The second kappa shape index (κ2) is 11.5. The highest BCUT2D eigenvalue weighted by molar-refractivity contribution is 6.22. The maximum absolute atomic E-state index is 6.50. The van der Waals surface area contributed by atoms with Gasteiger partial charge in [0.05, 0.1) is 11.0 Å². The molecule has 0 saturated heterocycles. The highest BCUT2D eigenvalue weighted by Gasteiger charge is 2.24. The number of furan rings is 1. The van der Waals surface area contributed by atoms with E-state index in [2.05, 4.69) is 131 Å². The third kappa shape index (κ3) is 4.63. The lowest BCUT2D eigenvalue weighted by Crippen LogP contribution is -2.33. The molecule has 0 spiro atoms. The van der Waals surface area contributed by atoms with Gasteiger partial charge in [0.15, 0.2) is 5.84 Å². The molecule has 0 bridgehead atoms. The highest BCUT2D eigenvalue weighted by Crippen LogP contribution is 2.38. The van der Waals surface area contributed by atoms with Gasteiger partial charge in [0.1, 0.15) is 23.2 Å². The molecule has 1 aliphatic heterocycles. The molecule has 236 valence electrons. The van der Waals surface area contributed by atoms with Gasteiger partial charge in [-0.3, -0.25) is 0 Å². The number of amidine groups is 2. The van der Waals surface area contributed by atoms with E-state index < -0.39 is 0 Å². The van der Waals surface area contributed by atoms with Crippen LogP contribution < -0.4 is 5.32 Å². The molecule has 9 aromatic rings. The molecule has 2 aromatic heterocycles. The number of hydrogen-bond donors (Lipinski definition) is 1. The third-order valence-corrected chi connectivity index (χ3v) is 9.66. The topological polar surface area (TPSA) is 54.8 Å². The summed E-state index contributed by atoms with van der Waals surface area (Å²) >= 11 is 0. The van der Waals surface area contributed by atoms with Crippen LogP contribution in [0.3, 0.4) is 0 Å². The van der Waals surface area contributed by atoms with Gasteiger partial charge >= 0.3 is 0 Å². The zero-order valence-corrected chi connectivity index (χ0v) is 27.0. The molecule has 3 heterocycles. The van der Waals surface area contributed by atoms with Crippen LogP contribution in [-0.2, 0) is 0 Å². The number of nitrogens with zero attached hydrogens (tertiary/aromatic N) is 3. The van der Waals surface area contributed by atoms with Gasteiger partial charge in [-0.25, -0.2) is 9.98 Å². The van der Waals surface area contributed by atoms with Crippen molar-refractivity contribution in [3.8, 4) is 16.8 Å². The lowest BCUT2D eigenvalue weighted by Gasteiger charge is -2.23. The Morgan fingerprint density at radius 1 is 0.520 bits per heavy atom. The van der Waals surface area contributed by atoms with E-state index in [1.54, 1.807) is 0 Å². The van der Waals surface area contributed by atoms with Gasteiger partial charge in [0.2, 0.25) is 0 Å². The van der Waals surface area contributed by atoms with Crippen LogP contribution in [0.2, 0.25) is 0 Å². The van der Waals surface area contributed by atoms with Crippen LogP contribution in [0.5, 0.6) is 0 Å². The van der Waals surface area contributed by atoms with Gasteiger partial charge in [0.25, 0.3) is 0 Å². The van der Waals surface area contributed by atoms with E-state index in [9.17, 15) is 0 Å². The minimum absolute atomic E-state index is 0.292. The van der Waals surface area contributed by atoms with Crippen molar-refractivity contribution in [3.05, 3.63) is 187 Å². The minimum atomic E-state index is -0.292. The summed E-state index contributed by atoms with van der Waals surface area (Å²) in [6.07, 6.45) is -0.292. The number of benzene rings is 7. The van der Waals surface area contributed by atoms with Crippen molar-refractivity contribution in [1.82, 2.24) is 9.88 Å². The fourth-order valence-corrected chi connectivity index (χ4v) is 7.32. The standard InChI is InChI=1S/C45H30N4O/c1-4-13-29(14-5-1)32-23-25-35-34-19-10-11-21-38(34)49(39(35)27-32)33-24-26-40-37(28-33)42-36(20-12-22-41(42)50-40)45-47-43(30-15-6-2-7-16-30)46-44(48-45)31-17-8-3-9-18-31/h1-28,43H,(H,46,47,48). The summed E-state index contributed by atoms with van der Waals surface area (Å²) in [6, 6.07) is 59.2. The predicted molar refractivity (Wildman–Crippen MR) is 205 cm³/mol. The van der Waals surface area contributed by atoms with Crippen LogP contribution in [0.1, 0.15) is 22.9 Å². The van der Waals surface area contributed by atoms with Gasteiger partial charge in [-0.1, -0.05) is 133 Å². The van der Waals surface area contributed by atoms with Crippen LogP contribution >= 0.6 is 0 Å². The second-order valence-electron chi connectivity index (χ2n) is 12.6. The first kappa shape index (κ1) is 28.3. The number of para-hydroxylation sites is 1. The molecule has 1 N–H and O–H groups in total. The minimum Gasteiger partial charge on any atom is -0.456 e. The molecular formula is C45H30N4O. The number of hydrogen-bond acceptors (Lipinski definition) is 4. The Balaban J connectivity index is 1.19. The molecule has 1 aliphatic rings. The Morgan fingerprint density at radius 2 is 1.24 bits per heavy atom. The first-order valence-corrected chi connectivity index (χ1v) is 16.9. The number of fused-ring (bicyclic) bond motifs is 6. The molecule has 50 heavy (non-hydrogen) atoms. The van der Waals surface area contributed by atoms with Crippen LogP contribution in [0.15, 0.2) is 184 Å². The molecule has 1 atom stereocenters. The Labute approximate surface area is 288 Å². The lowest BCUT2D eigenvalue weighted by atomic mass is 10.0. The second-order valence-corrected chi connectivity index (χ2v) is 12.6. The Bertz CT molecular complexity index is 2780. The molecule has 7 aromatic carbocycles. The summed E-state index contributed by atoms with van der Waals surface area (Å²) in [5, 5.41) is 8.04. The van der Waals surface area contributed by atoms with E-state index >= 15 is 0 Å². The fourth-order valence-electron chi connectivity index (χ4n) is 7.32. The molecule has 0 radical (unpaired) electrons. The molecule has 0 aliphatic carbocycles. The van der Waals surface area contributed by atoms with Crippen molar-refractivity contribution in [2.75, 3.05) is 0 Å². The van der Waals surface area contributed by atoms with Gasteiger partial charge in [0, 0.05) is 38.4 Å². The monoisotopic (exact) mass is 642 g/mol. The first-order valence-electron chi connectivity index (χ1n) is 16.9. The quantitative estimate of drug-likeness (QED) is 0.203. The van der Waals surface area contributed by atoms with E-state index in [-0.39, 0.29) is 6.17 Å². The number of nitrogens with one attached hydrogen (secondary N) is 1. The average Bonchev–Trinajstić information content (AvgIpc) is 3.74. The third-order valence-electron chi connectivity index (χ3n) is 9.66. The maximum atomic E-state index is 6.50. The summed E-state index contributed by atoms with van der Waals surface area (Å²) in [4.78, 5) is 10.3. The van der Waals surface area contributed by atoms with E-state index in [0.29, 0.717) is 5.84 Å². The first-order chi connectivity index (χ1) is 24.8. The summed E-state index contributed by atoms with van der Waals surface area (Å²) in [5.74, 6) is 1.45. The number of rotatable bonds is 5. The molecule has 10 rings (SSSR count). The normalized spacial score (nSPS) is 14.6. The summed E-state index contributed by atoms with van der Waals surface area (Å²) in [6.45, 7) is 0. The number of aliphatic imine (C=N–C) groups is 2. The van der Waals surface area contributed by atoms with Gasteiger partial charge in [-0.2, -0.15) is 0 Å². The molecule has 0 fully saturated rings. The summed E-state index contributed by atoms with van der Waals surface area (Å²) in [7, 11) is 0. The zero-order valence-electron chi connectivity index (χ0n) is 27.0. The lowest BCUT2D eigenvalue weighted by molar-refractivity contribution is 0.668. The van der Waals surface area contributed by atoms with Gasteiger partial charge in [-0.15, -0.1) is 0 Å². The summed E-state index contributed by atoms with van der Waals surface area (Å²) in [5.41, 5.74) is 10.4. The maximum Gasteiger partial charge on any atom is 0.160 e. The van der Waals surface area contributed by atoms with E-state index in [1.165, 1.54) is 21.9 Å². The van der Waals surface area contributed by atoms with Gasteiger partial charge < -0.3 is 14.3 Å². The molecule has 0 amide bonds. The molecule has 5 heteroatoms. The molecule has 0 saturated carbocycles. The average molecular weight is 643 g/mol. The van der Waals surface area contributed by atoms with Crippen molar-refractivity contribution in [2.24, 2.45) is 9.98 Å². The van der Waals surface area contributed by atoms with Crippen molar-refractivity contribution in [3.63, 3.8) is 0 Å². The Kier molecular flexibility index (Phi) is 6.49. The fraction of sp³-hybridized carbons (Fsp3) is 0.0222. The Hall–Kier alpha value is -6.72. The van der Waals surface area contributed by atoms with Crippen molar-refractivity contribution >= 4 is 55.4 Å². The van der Waals surface area contributed by atoms with Crippen molar-refractivity contribution in [1.29, 1.82) is 0 Å². The molecule has 5 nitrogen and oxygen atoms in total. The smallest absolute Gasteiger partial charge is 0.160 e. The van der Waals surface area contributed by atoms with Gasteiger partial charge in [-0.05, 0) is 53.1 Å². The molecular weight excluding hydrogens is 613 g/mol. The Morgan fingerprint density at radius 3 is 2.06 bits per heavy atom. The predicted octanol–water partition coefficient (Wildman–Crippen LogP) is 10.8. The van der Waals surface area contributed by atoms with Crippen LogP contribution in [-0.4, -0.2) is 16.2 Å². The van der Waals surface area contributed by atoms with E-state index in [1.807, 2.05) is 48.5 Å². The SMILES string of the molecule is c1ccc(C2=NC(c3cccc4oc5ccc(-n6c7ccccc7c7ccc(-c8ccccc8)cc76)cc5c34)=NC(c3ccccc3)N2)cc1. The van der Waals surface area contributed by atoms with E-state index in [0.717, 1.165) is 61.2 Å². The van der Waals surface area contributed by atoms with Crippen molar-refractivity contribution in [2.45, 2.75) is 6.17 Å². The number of aromatic nitrogens is 1. The van der Waals surface area contributed by atoms with Crippen LogP contribution in [0, 0.1) is 0 Å². The zero-order chi connectivity index (χ0) is 33.0. The summed E-state index contributed by atoms with van der Waals surface area (Å²) < 4.78 is 8.87. The largest absolute Gasteiger partial charge is 0.456 e.